The fraction of sp³-hybridized carbons (Fsp3) is 0.118. The van der Waals surface area contributed by atoms with Crippen molar-refractivity contribution >= 4 is 28.2 Å². The number of H-pyrrole nitrogens is 1. The number of fused-ring (bicyclic) bond motifs is 1. The van der Waals surface area contributed by atoms with E-state index in [0.717, 1.165) is 22.0 Å². The molecule has 0 atom stereocenters. The lowest BCUT2D eigenvalue weighted by atomic mass is 10.1. The van der Waals surface area contributed by atoms with Gasteiger partial charge < -0.3 is 15.2 Å². The first kappa shape index (κ1) is 14.8. The summed E-state index contributed by atoms with van der Waals surface area (Å²) in [7, 11) is 0. The van der Waals surface area contributed by atoms with Crippen molar-refractivity contribution in [2.24, 2.45) is 10.2 Å². The molecule has 0 amide bonds. The maximum absolute atomic E-state index is 11.0. The van der Waals surface area contributed by atoms with Crippen molar-refractivity contribution in [2.45, 2.75) is 13.8 Å². The van der Waals surface area contributed by atoms with Crippen LogP contribution in [-0.2, 0) is 0 Å². The minimum Gasteiger partial charge on any atom is -0.493 e. The summed E-state index contributed by atoms with van der Waals surface area (Å²) < 4.78 is 0. The number of aromatic hydroxyl groups is 1. The van der Waals surface area contributed by atoms with Gasteiger partial charge in [0.15, 0.2) is 5.69 Å². The number of aryl methyl sites for hydroxylation is 2. The third kappa shape index (κ3) is 2.78. The number of carboxylic acid groups (broad SMARTS) is 1. The molecule has 0 aliphatic carbocycles. The van der Waals surface area contributed by atoms with Crippen LogP contribution < -0.4 is 0 Å². The molecular weight excluding hydrogens is 294 g/mol. The molecule has 3 aromatic rings. The average Bonchev–Trinajstić information content (AvgIpc) is 2.81. The number of benzene rings is 2. The summed E-state index contributed by atoms with van der Waals surface area (Å²) in [5, 5.41) is 28.0. The molecule has 116 valence electrons. The Morgan fingerprint density at radius 3 is 2.65 bits per heavy atom. The Hall–Kier alpha value is -3.15. The van der Waals surface area contributed by atoms with E-state index in [1.54, 1.807) is 12.1 Å². The lowest BCUT2D eigenvalue weighted by Crippen LogP contribution is -1.94. The molecule has 6 nitrogen and oxygen atoms in total. The van der Waals surface area contributed by atoms with Crippen LogP contribution in [0.1, 0.15) is 21.5 Å². The van der Waals surface area contributed by atoms with Crippen LogP contribution >= 0.6 is 0 Å². The van der Waals surface area contributed by atoms with E-state index in [4.69, 9.17) is 5.11 Å². The number of carboxylic acids is 1. The molecule has 0 aliphatic rings. The molecule has 0 saturated heterocycles. The maximum Gasteiger partial charge on any atom is 0.335 e. The molecule has 0 unspecified atom stereocenters. The second-order valence-corrected chi connectivity index (χ2v) is 5.38. The van der Waals surface area contributed by atoms with Gasteiger partial charge in [0.05, 0.1) is 16.8 Å². The molecule has 6 heteroatoms. The number of azo groups is 1. The maximum atomic E-state index is 11.0. The molecule has 0 radical (unpaired) electrons. The largest absolute Gasteiger partial charge is 0.493 e. The summed E-state index contributed by atoms with van der Waals surface area (Å²) in [5.74, 6) is -1.09. The number of carbonyl (C=O) groups is 1. The van der Waals surface area contributed by atoms with E-state index in [-0.39, 0.29) is 11.4 Å². The fourth-order valence-electron chi connectivity index (χ4n) is 2.54. The molecule has 23 heavy (non-hydrogen) atoms. The minimum atomic E-state index is -1.02. The van der Waals surface area contributed by atoms with E-state index in [9.17, 15) is 9.90 Å². The summed E-state index contributed by atoms with van der Waals surface area (Å²) in [6, 6.07) is 10.1. The third-order valence-electron chi connectivity index (χ3n) is 3.56. The van der Waals surface area contributed by atoms with Crippen LogP contribution in [-0.4, -0.2) is 21.2 Å². The first-order valence-corrected chi connectivity index (χ1v) is 7.02. The molecular formula is C17H15N3O3. The van der Waals surface area contributed by atoms with Crippen LogP contribution in [0.3, 0.4) is 0 Å². The van der Waals surface area contributed by atoms with Crippen molar-refractivity contribution in [3.63, 3.8) is 0 Å². The van der Waals surface area contributed by atoms with Gasteiger partial charge in [-0.25, -0.2) is 4.79 Å². The molecule has 1 heterocycles. The monoisotopic (exact) mass is 309 g/mol. The molecule has 0 fully saturated rings. The van der Waals surface area contributed by atoms with E-state index in [1.165, 1.54) is 12.1 Å². The molecule has 3 N–H and O–H groups in total. The number of nitrogens with one attached hydrogen (secondary N) is 1. The van der Waals surface area contributed by atoms with Crippen LogP contribution in [0, 0.1) is 13.8 Å². The van der Waals surface area contributed by atoms with Gasteiger partial charge in [0.1, 0.15) is 0 Å². The number of rotatable bonds is 3. The molecule has 3 rings (SSSR count). The van der Waals surface area contributed by atoms with Gasteiger partial charge in [0.25, 0.3) is 0 Å². The van der Waals surface area contributed by atoms with Crippen LogP contribution in [0.25, 0.3) is 10.9 Å². The standard InChI is InChI=1S/C17H15N3O3/c1-9-6-10(2)14-13(7-9)15(16(21)18-14)20-19-12-5-3-4-11(8-12)17(22)23/h3-8,18,21H,1-2H3,(H,22,23). The second-order valence-electron chi connectivity index (χ2n) is 5.38. The Morgan fingerprint density at radius 2 is 1.91 bits per heavy atom. The molecule has 1 aromatic heterocycles. The average molecular weight is 309 g/mol. The molecule has 0 spiro atoms. The molecule has 2 aromatic carbocycles. The predicted octanol–water partition coefficient (Wildman–Crippen LogP) is 4.60. The van der Waals surface area contributed by atoms with E-state index < -0.39 is 5.97 Å². The van der Waals surface area contributed by atoms with E-state index in [0.29, 0.717) is 11.4 Å². The smallest absolute Gasteiger partial charge is 0.335 e. The predicted molar refractivity (Wildman–Crippen MR) is 87.0 cm³/mol. The highest BCUT2D eigenvalue weighted by atomic mass is 16.4. The van der Waals surface area contributed by atoms with Crippen molar-refractivity contribution in [3.8, 4) is 5.88 Å². The van der Waals surface area contributed by atoms with Crippen molar-refractivity contribution in [1.29, 1.82) is 0 Å². The van der Waals surface area contributed by atoms with Gasteiger partial charge in [-0.15, -0.1) is 5.11 Å². The van der Waals surface area contributed by atoms with Crippen molar-refractivity contribution in [2.75, 3.05) is 0 Å². The van der Waals surface area contributed by atoms with Crippen LogP contribution in [0.15, 0.2) is 46.6 Å². The Morgan fingerprint density at radius 1 is 1.13 bits per heavy atom. The number of aromatic nitrogens is 1. The van der Waals surface area contributed by atoms with Crippen molar-refractivity contribution < 1.29 is 15.0 Å². The zero-order valence-electron chi connectivity index (χ0n) is 12.7. The zero-order valence-corrected chi connectivity index (χ0v) is 12.7. The Bertz CT molecular complexity index is 942. The Balaban J connectivity index is 2.06. The van der Waals surface area contributed by atoms with E-state index in [1.807, 2.05) is 26.0 Å². The SMILES string of the molecule is Cc1cc(C)c2[nH]c(O)c(N=Nc3cccc(C(=O)O)c3)c2c1. The molecule has 0 aliphatic heterocycles. The van der Waals surface area contributed by atoms with Gasteiger partial charge in [-0.1, -0.05) is 17.7 Å². The summed E-state index contributed by atoms with van der Waals surface area (Å²) in [5.41, 5.74) is 3.75. The summed E-state index contributed by atoms with van der Waals surface area (Å²) in [6.07, 6.45) is 0. The highest BCUT2D eigenvalue weighted by Gasteiger charge is 2.12. The van der Waals surface area contributed by atoms with Crippen molar-refractivity contribution in [3.05, 3.63) is 53.1 Å². The summed E-state index contributed by atoms with van der Waals surface area (Å²) in [4.78, 5) is 13.9. The van der Waals surface area contributed by atoms with Gasteiger partial charge in [0, 0.05) is 5.39 Å². The lowest BCUT2D eigenvalue weighted by Gasteiger charge is -1.99. The fourth-order valence-corrected chi connectivity index (χ4v) is 2.54. The first-order valence-electron chi connectivity index (χ1n) is 7.02. The van der Waals surface area contributed by atoms with Gasteiger partial charge in [-0.05, 0) is 43.7 Å². The number of hydrogen-bond donors (Lipinski definition) is 3. The van der Waals surface area contributed by atoms with Crippen molar-refractivity contribution in [1.82, 2.24) is 4.98 Å². The van der Waals surface area contributed by atoms with Gasteiger partial charge in [-0.2, -0.15) is 5.11 Å². The van der Waals surface area contributed by atoms with Crippen LogP contribution in [0.5, 0.6) is 5.88 Å². The quantitative estimate of drug-likeness (QED) is 0.616. The van der Waals surface area contributed by atoms with E-state index >= 15 is 0 Å². The summed E-state index contributed by atoms with van der Waals surface area (Å²) in [6.45, 7) is 3.91. The number of nitrogens with zero attached hydrogens (tertiary/aromatic N) is 2. The Labute approximate surface area is 132 Å². The Kier molecular flexibility index (Phi) is 3.57. The second kappa shape index (κ2) is 5.57. The zero-order chi connectivity index (χ0) is 16.6. The molecule has 0 saturated carbocycles. The molecule has 0 bridgehead atoms. The highest BCUT2D eigenvalue weighted by molar-refractivity contribution is 5.96. The van der Waals surface area contributed by atoms with E-state index in [2.05, 4.69) is 15.2 Å². The van der Waals surface area contributed by atoms with Gasteiger partial charge in [0.2, 0.25) is 5.88 Å². The number of hydrogen-bond acceptors (Lipinski definition) is 4. The topological polar surface area (TPSA) is 98.0 Å². The van der Waals surface area contributed by atoms with Crippen LogP contribution in [0.2, 0.25) is 0 Å². The minimum absolute atomic E-state index is 0.0631. The lowest BCUT2D eigenvalue weighted by molar-refractivity contribution is 0.0697. The number of aromatic carboxylic acids is 1. The first-order chi connectivity index (χ1) is 11.0. The normalized spacial score (nSPS) is 11.4. The van der Waals surface area contributed by atoms with Gasteiger partial charge >= 0.3 is 5.97 Å². The third-order valence-corrected chi connectivity index (χ3v) is 3.56. The highest BCUT2D eigenvalue weighted by Crippen LogP contribution is 2.38. The van der Waals surface area contributed by atoms with Crippen LogP contribution in [0.4, 0.5) is 11.4 Å². The number of aromatic amines is 1. The van der Waals surface area contributed by atoms with Gasteiger partial charge in [-0.3, -0.25) is 0 Å². The summed E-state index contributed by atoms with van der Waals surface area (Å²) >= 11 is 0.